The molecule has 2 aromatic rings. The molecule has 0 fully saturated rings. The molecule has 1 aliphatic carbocycles. The smallest absolute Gasteiger partial charge is 0.256 e. The van der Waals surface area contributed by atoms with Crippen LogP contribution >= 0.6 is 34.5 Å². The number of nitrogens with one attached hydrogen (secondary N) is 2. The fourth-order valence-electron chi connectivity index (χ4n) is 3.01. The summed E-state index contributed by atoms with van der Waals surface area (Å²) in [5.74, 6) is -0.0147. The van der Waals surface area contributed by atoms with Gasteiger partial charge in [0.1, 0.15) is 11.2 Å². The van der Waals surface area contributed by atoms with Gasteiger partial charge in [-0.05, 0) is 37.0 Å². The molecular weight excluding hydrogens is 327 g/mol. The van der Waals surface area contributed by atoms with Gasteiger partial charge in [0.25, 0.3) is 5.91 Å². The Morgan fingerprint density at radius 2 is 2.05 bits per heavy atom. The van der Waals surface area contributed by atoms with E-state index in [-0.39, 0.29) is 12.1 Å². The molecule has 2 N–H and O–H groups in total. The average molecular weight is 339 g/mol. The van der Waals surface area contributed by atoms with Crippen LogP contribution < -0.4 is 10.6 Å². The number of thiophene rings is 1. The number of rotatable bonds is 1. The predicted octanol–water partition coefficient (Wildman–Crippen LogP) is 4.40. The summed E-state index contributed by atoms with van der Waals surface area (Å²) in [7, 11) is 0. The average Bonchev–Trinajstić information content (AvgIpc) is 2.98. The molecule has 1 atom stereocenters. The Morgan fingerprint density at radius 1 is 1.19 bits per heavy atom. The van der Waals surface area contributed by atoms with Crippen molar-refractivity contribution in [3.63, 3.8) is 0 Å². The topological polar surface area (TPSA) is 41.1 Å². The summed E-state index contributed by atoms with van der Waals surface area (Å²) in [5, 5.41) is 8.48. The summed E-state index contributed by atoms with van der Waals surface area (Å²) in [6.07, 6.45) is 2.92. The summed E-state index contributed by atoms with van der Waals surface area (Å²) < 4.78 is 0. The highest BCUT2D eigenvalue weighted by atomic mass is 35.5. The zero-order valence-electron chi connectivity index (χ0n) is 11.0. The summed E-state index contributed by atoms with van der Waals surface area (Å²) in [6, 6.07) is 5.31. The van der Waals surface area contributed by atoms with Crippen LogP contribution in [0.25, 0.3) is 0 Å². The molecule has 1 aromatic carbocycles. The number of benzene rings is 1. The summed E-state index contributed by atoms with van der Waals surface area (Å²) in [4.78, 5) is 13.8. The molecule has 4 rings (SSSR count). The van der Waals surface area contributed by atoms with Gasteiger partial charge in [0.15, 0.2) is 0 Å². The molecule has 1 aromatic heterocycles. The van der Waals surface area contributed by atoms with Gasteiger partial charge in [0.05, 0.1) is 5.56 Å². The summed E-state index contributed by atoms with van der Waals surface area (Å²) >= 11 is 13.9. The van der Waals surface area contributed by atoms with Gasteiger partial charge in [0.2, 0.25) is 0 Å². The lowest BCUT2D eigenvalue weighted by atomic mass is 10.1. The van der Waals surface area contributed by atoms with Crippen molar-refractivity contribution in [2.45, 2.75) is 25.4 Å². The maximum atomic E-state index is 12.5. The third-order valence-corrected chi connectivity index (χ3v) is 5.76. The van der Waals surface area contributed by atoms with Crippen LogP contribution in [0.2, 0.25) is 10.0 Å². The van der Waals surface area contributed by atoms with Crippen molar-refractivity contribution in [3.05, 3.63) is 49.8 Å². The van der Waals surface area contributed by atoms with Crippen LogP contribution in [0.5, 0.6) is 0 Å². The minimum absolute atomic E-state index is 0.0147. The van der Waals surface area contributed by atoms with E-state index < -0.39 is 0 Å². The summed E-state index contributed by atoms with van der Waals surface area (Å²) in [5.41, 5.74) is 2.88. The first-order chi connectivity index (χ1) is 10.1. The SMILES string of the molecule is O=C1N[C@@H](c2ccc(Cl)cc2Cl)Nc2sc3c(c21)CCC3. The van der Waals surface area contributed by atoms with Gasteiger partial charge in [-0.25, -0.2) is 0 Å². The van der Waals surface area contributed by atoms with E-state index in [1.54, 1.807) is 23.5 Å². The van der Waals surface area contributed by atoms with E-state index in [1.165, 1.54) is 10.4 Å². The zero-order valence-corrected chi connectivity index (χ0v) is 13.3. The van der Waals surface area contributed by atoms with Gasteiger partial charge in [-0.1, -0.05) is 29.3 Å². The molecule has 1 amide bonds. The molecule has 0 saturated carbocycles. The Kier molecular flexibility index (Phi) is 3.14. The molecule has 0 radical (unpaired) electrons. The van der Waals surface area contributed by atoms with Crippen LogP contribution in [-0.4, -0.2) is 5.91 Å². The molecule has 0 saturated heterocycles. The Balaban J connectivity index is 1.73. The Bertz CT molecular complexity index is 756. The molecule has 108 valence electrons. The van der Waals surface area contributed by atoms with Gasteiger partial charge < -0.3 is 10.6 Å². The van der Waals surface area contributed by atoms with Gasteiger partial charge in [-0.2, -0.15) is 0 Å². The number of carbonyl (C=O) groups is 1. The van der Waals surface area contributed by atoms with E-state index >= 15 is 0 Å². The largest absolute Gasteiger partial charge is 0.353 e. The van der Waals surface area contributed by atoms with Crippen LogP contribution in [0.1, 0.15) is 38.9 Å². The van der Waals surface area contributed by atoms with Crippen LogP contribution in [-0.2, 0) is 12.8 Å². The number of aryl methyl sites for hydroxylation is 1. The zero-order chi connectivity index (χ0) is 14.6. The highest BCUT2D eigenvalue weighted by Gasteiger charge is 2.33. The first kappa shape index (κ1) is 13.4. The second-order valence-corrected chi connectivity index (χ2v) is 7.23. The molecule has 2 aliphatic rings. The number of amides is 1. The van der Waals surface area contributed by atoms with Crippen molar-refractivity contribution in [1.82, 2.24) is 5.32 Å². The van der Waals surface area contributed by atoms with E-state index in [1.807, 2.05) is 6.07 Å². The first-order valence-electron chi connectivity index (χ1n) is 6.80. The Hall–Kier alpha value is -1.23. The maximum absolute atomic E-state index is 12.5. The lowest BCUT2D eigenvalue weighted by Gasteiger charge is -2.27. The molecule has 0 unspecified atom stereocenters. The number of anilines is 1. The summed E-state index contributed by atoms with van der Waals surface area (Å²) in [6.45, 7) is 0. The quantitative estimate of drug-likeness (QED) is 0.809. The van der Waals surface area contributed by atoms with E-state index in [2.05, 4.69) is 10.6 Å². The predicted molar refractivity (Wildman–Crippen MR) is 86.6 cm³/mol. The monoisotopic (exact) mass is 338 g/mol. The molecule has 21 heavy (non-hydrogen) atoms. The van der Waals surface area contributed by atoms with Crippen molar-refractivity contribution < 1.29 is 4.79 Å². The van der Waals surface area contributed by atoms with Gasteiger partial charge in [0, 0.05) is 20.5 Å². The van der Waals surface area contributed by atoms with E-state index in [4.69, 9.17) is 23.2 Å². The van der Waals surface area contributed by atoms with Crippen molar-refractivity contribution >= 4 is 45.4 Å². The van der Waals surface area contributed by atoms with Crippen LogP contribution in [0.4, 0.5) is 5.00 Å². The highest BCUT2D eigenvalue weighted by molar-refractivity contribution is 7.16. The molecule has 2 heterocycles. The van der Waals surface area contributed by atoms with E-state index in [9.17, 15) is 4.79 Å². The molecular formula is C15H12Cl2N2OS. The van der Waals surface area contributed by atoms with Gasteiger partial charge in [-0.15, -0.1) is 11.3 Å². The van der Waals surface area contributed by atoms with E-state index in [0.29, 0.717) is 10.0 Å². The molecule has 6 heteroatoms. The highest BCUT2D eigenvalue weighted by Crippen LogP contribution is 2.42. The lowest BCUT2D eigenvalue weighted by molar-refractivity contribution is 0.0935. The second-order valence-electron chi connectivity index (χ2n) is 5.28. The minimum atomic E-state index is -0.312. The second kappa shape index (κ2) is 4.90. The molecule has 1 aliphatic heterocycles. The third-order valence-electron chi connectivity index (χ3n) is 3.97. The minimum Gasteiger partial charge on any atom is -0.353 e. The standard InChI is InChI=1S/C15H12Cl2N2OS/c16-7-4-5-8(10(17)6-7)13-18-14(20)12-9-2-1-3-11(9)21-15(12)19-13/h4-6,13,19H,1-3H2,(H,18,20)/t13-/m1/s1. The van der Waals surface area contributed by atoms with Crippen LogP contribution in [0.3, 0.4) is 0 Å². The first-order valence-corrected chi connectivity index (χ1v) is 8.37. The fourth-order valence-corrected chi connectivity index (χ4v) is 4.84. The Morgan fingerprint density at radius 3 is 2.86 bits per heavy atom. The third kappa shape index (κ3) is 2.13. The van der Waals surface area contributed by atoms with Crippen LogP contribution in [0.15, 0.2) is 18.2 Å². The fraction of sp³-hybridized carbons (Fsp3) is 0.267. The Labute approximate surface area is 136 Å². The maximum Gasteiger partial charge on any atom is 0.256 e. The van der Waals surface area contributed by atoms with Crippen LogP contribution in [0, 0.1) is 0 Å². The number of hydrogen-bond acceptors (Lipinski definition) is 3. The van der Waals surface area contributed by atoms with Crippen molar-refractivity contribution in [3.8, 4) is 0 Å². The molecule has 0 spiro atoms. The van der Waals surface area contributed by atoms with Crippen molar-refractivity contribution in [1.29, 1.82) is 0 Å². The number of carbonyl (C=O) groups excluding carboxylic acids is 1. The number of fused-ring (bicyclic) bond motifs is 3. The lowest BCUT2D eigenvalue weighted by Crippen LogP contribution is -2.38. The van der Waals surface area contributed by atoms with Crippen molar-refractivity contribution in [2.24, 2.45) is 0 Å². The van der Waals surface area contributed by atoms with Gasteiger partial charge >= 0.3 is 0 Å². The molecule has 3 nitrogen and oxygen atoms in total. The van der Waals surface area contributed by atoms with Crippen molar-refractivity contribution in [2.75, 3.05) is 5.32 Å². The number of hydrogen-bond donors (Lipinski definition) is 2. The van der Waals surface area contributed by atoms with E-state index in [0.717, 1.165) is 35.4 Å². The normalized spacial score (nSPS) is 19.7. The number of halogens is 2. The van der Waals surface area contributed by atoms with Gasteiger partial charge in [-0.3, -0.25) is 4.79 Å². The molecule has 0 bridgehead atoms.